The molecule has 0 unspecified atom stereocenters. The number of aliphatic hydroxyl groups excluding tert-OH is 1. The van der Waals surface area contributed by atoms with Crippen molar-refractivity contribution >= 4 is 17.5 Å². The van der Waals surface area contributed by atoms with Gasteiger partial charge in [-0.1, -0.05) is 54.6 Å². The second-order valence-corrected chi connectivity index (χ2v) is 7.88. The predicted octanol–water partition coefficient (Wildman–Crippen LogP) is 4.13. The van der Waals surface area contributed by atoms with Crippen LogP contribution in [-0.2, 0) is 11.2 Å². The van der Waals surface area contributed by atoms with Crippen LogP contribution in [0.15, 0.2) is 78.9 Å². The number of likely N-dealkylation sites (tertiary alicyclic amines) is 1. The van der Waals surface area contributed by atoms with Gasteiger partial charge in [0.25, 0.3) is 5.91 Å². The number of aliphatic hydroxyl groups is 1. The fraction of sp³-hybridized carbons (Fsp3) is 0.231. The molecule has 0 bridgehead atoms. The van der Waals surface area contributed by atoms with E-state index in [9.17, 15) is 14.7 Å². The minimum atomic E-state index is -0.290. The van der Waals surface area contributed by atoms with E-state index >= 15 is 0 Å². The lowest BCUT2D eigenvalue weighted by atomic mass is 10.0. The van der Waals surface area contributed by atoms with Crippen molar-refractivity contribution in [3.8, 4) is 11.1 Å². The Morgan fingerprint density at radius 3 is 2.10 bits per heavy atom. The smallest absolute Gasteiger partial charge is 0.255 e. The van der Waals surface area contributed by atoms with Crippen molar-refractivity contribution in [3.63, 3.8) is 0 Å². The number of carbonyl (C=O) groups excluding carboxylic acids is 2. The summed E-state index contributed by atoms with van der Waals surface area (Å²) in [6.07, 6.45) is 1.32. The molecule has 0 saturated carbocycles. The largest absolute Gasteiger partial charge is 0.393 e. The third kappa shape index (κ3) is 5.38. The quantitative estimate of drug-likeness (QED) is 0.660. The van der Waals surface area contributed by atoms with Gasteiger partial charge in [-0.3, -0.25) is 9.59 Å². The highest BCUT2D eigenvalue weighted by Gasteiger charge is 2.21. The summed E-state index contributed by atoms with van der Waals surface area (Å²) in [4.78, 5) is 26.8. The summed E-state index contributed by atoms with van der Waals surface area (Å²) in [6, 6.07) is 24.9. The van der Waals surface area contributed by atoms with E-state index in [1.807, 2.05) is 83.8 Å². The zero-order valence-corrected chi connectivity index (χ0v) is 17.3. The molecule has 1 saturated heterocycles. The van der Waals surface area contributed by atoms with Crippen LogP contribution in [0.1, 0.15) is 28.8 Å². The second-order valence-electron chi connectivity index (χ2n) is 7.88. The molecule has 1 aliphatic rings. The van der Waals surface area contributed by atoms with Gasteiger partial charge in [-0.15, -0.1) is 0 Å². The van der Waals surface area contributed by atoms with E-state index in [-0.39, 0.29) is 17.9 Å². The number of nitrogens with zero attached hydrogens (tertiary/aromatic N) is 1. The Balaban J connectivity index is 1.33. The van der Waals surface area contributed by atoms with E-state index in [1.54, 1.807) is 0 Å². The standard InChI is InChI=1S/C26H26N2O3/c29-24-14-16-28(17-15-24)25(30)18-19-6-12-23(13-7-19)27-26(31)22-10-8-21(9-11-22)20-4-2-1-3-5-20/h1-13,24,29H,14-18H2,(H,27,31). The van der Waals surface area contributed by atoms with Crippen LogP contribution in [0, 0.1) is 0 Å². The highest BCUT2D eigenvalue weighted by Crippen LogP contribution is 2.20. The van der Waals surface area contributed by atoms with E-state index < -0.39 is 0 Å². The van der Waals surface area contributed by atoms with Crippen LogP contribution in [0.3, 0.4) is 0 Å². The highest BCUT2D eigenvalue weighted by atomic mass is 16.3. The molecule has 1 fully saturated rings. The third-order valence-electron chi connectivity index (χ3n) is 5.64. The normalized spacial score (nSPS) is 14.3. The van der Waals surface area contributed by atoms with Gasteiger partial charge in [0.1, 0.15) is 0 Å². The van der Waals surface area contributed by atoms with E-state index in [0.717, 1.165) is 16.7 Å². The second kappa shape index (κ2) is 9.58. The molecule has 158 valence electrons. The minimum Gasteiger partial charge on any atom is -0.393 e. The minimum absolute atomic E-state index is 0.0715. The molecule has 0 atom stereocenters. The van der Waals surface area contributed by atoms with Crippen molar-refractivity contribution in [1.29, 1.82) is 0 Å². The highest BCUT2D eigenvalue weighted by molar-refractivity contribution is 6.04. The summed E-state index contributed by atoms with van der Waals surface area (Å²) < 4.78 is 0. The molecule has 5 nitrogen and oxygen atoms in total. The zero-order chi connectivity index (χ0) is 21.6. The van der Waals surface area contributed by atoms with Crippen molar-refractivity contribution in [2.75, 3.05) is 18.4 Å². The number of nitrogens with one attached hydrogen (secondary N) is 1. The summed E-state index contributed by atoms with van der Waals surface area (Å²) in [5.74, 6) is -0.0995. The molecule has 0 aliphatic carbocycles. The van der Waals surface area contributed by atoms with Gasteiger partial charge in [0.05, 0.1) is 12.5 Å². The number of carbonyl (C=O) groups is 2. The fourth-order valence-electron chi connectivity index (χ4n) is 3.76. The van der Waals surface area contributed by atoms with Crippen molar-refractivity contribution in [2.45, 2.75) is 25.4 Å². The van der Waals surface area contributed by atoms with Crippen LogP contribution in [0.25, 0.3) is 11.1 Å². The maximum absolute atomic E-state index is 12.6. The Kier molecular flexibility index (Phi) is 6.43. The Bertz CT molecular complexity index is 1020. The van der Waals surface area contributed by atoms with Crippen LogP contribution < -0.4 is 5.32 Å². The number of anilines is 1. The lowest BCUT2D eigenvalue weighted by Gasteiger charge is -2.29. The Labute approximate surface area is 182 Å². The molecule has 1 aliphatic heterocycles. The summed E-state index contributed by atoms with van der Waals surface area (Å²) in [5.41, 5.74) is 4.36. The Morgan fingerprint density at radius 2 is 1.45 bits per heavy atom. The van der Waals surface area contributed by atoms with Gasteiger partial charge in [0.2, 0.25) is 5.91 Å². The molecule has 0 radical (unpaired) electrons. The van der Waals surface area contributed by atoms with E-state index in [2.05, 4.69) is 5.32 Å². The number of hydrogen-bond donors (Lipinski definition) is 2. The van der Waals surface area contributed by atoms with Gasteiger partial charge in [-0.25, -0.2) is 0 Å². The Hall–Kier alpha value is -3.44. The average Bonchev–Trinajstić information content (AvgIpc) is 2.81. The van der Waals surface area contributed by atoms with Crippen molar-refractivity contribution in [1.82, 2.24) is 4.90 Å². The fourth-order valence-corrected chi connectivity index (χ4v) is 3.76. The molecule has 0 aromatic heterocycles. The maximum atomic E-state index is 12.6. The van der Waals surface area contributed by atoms with Crippen LogP contribution in [0.5, 0.6) is 0 Å². The van der Waals surface area contributed by atoms with Gasteiger partial charge < -0.3 is 15.3 Å². The third-order valence-corrected chi connectivity index (χ3v) is 5.64. The summed E-state index contributed by atoms with van der Waals surface area (Å²) in [7, 11) is 0. The molecule has 31 heavy (non-hydrogen) atoms. The van der Waals surface area contributed by atoms with Crippen LogP contribution in [-0.4, -0.2) is 41.0 Å². The summed E-state index contributed by atoms with van der Waals surface area (Å²) >= 11 is 0. The molecule has 3 aromatic rings. The van der Waals surface area contributed by atoms with Gasteiger partial charge in [-0.05, 0) is 53.8 Å². The molecule has 1 heterocycles. The first kappa shape index (κ1) is 20.8. The summed E-state index contributed by atoms with van der Waals surface area (Å²) in [6.45, 7) is 1.22. The SMILES string of the molecule is O=C(Nc1ccc(CC(=O)N2CCC(O)CC2)cc1)c1ccc(-c2ccccc2)cc1. The monoisotopic (exact) mass is 414 g/mol. The van der Waals surface area contributed by atoms with Gasteiger partial charge in [0.15, 0.2) is 0 Å². The first-order valence-corrected chi connectivity index (χ1v) is 10.6. The zero-order valence-electron chi connectivity index (χ0n) is 17.3. The molecule has 5 heteroatoms. The number of benzene rings is 3. The summed E-state index contributed by atoms with van der Waals surface area (Å²) in [5, 5.41) is 12.5. The van der Waals surface area contributed by atoms with Gasteiger partial charge in [0, 0.05) is 24.3 Å². The van der Waals surface area contributed by atoms with Crippen LogP contribution in [0.4, 0.5) is 5.69 Å². The van der Waals surface area contributed by atoms with E-state index in [0.29, 0.717) is 43.6 Å². The van der Waals surface area contributed by atoms with Crippen molar-refractivity contribution < 1.29 is 14.7 Å². The van der Waals surface area contributed by atoms with Crippen molar-refractivity contribution in [2.24, 2.45) is 0 Å². The molecule has 0 spiro atoms. The number of rotatable bonds is 5. The van der Waals surface area contributed by atoms with Crippen LogP contribution >= 0.6 is 0 Å². The first-order chi connectivity index (χ1) is 15.1. The molecular weight excluding hydrogens is 388 g/mol. The molecule has 4 rings (SSSR count). The number of hydrogen-bond acceptors (Lipinski definition) is 3. The van der Waals surface area contributed by atoms with Gasteiger partial charge >= 0.3 is 0 Å². The van der Waals surface area contributed by atoms with Gasteiger partial charge in [-0.2, -0.15) is 0 Å². The van der Waals surface area contributed by atoms with Crippen molar-refractivity contribution in [3.05, 3.63) is 90.0 Å². The average molecular weight is 415 g/mol. The molecule has 2 N–H and O–H groups in total. The topological polar surface area (TPSA) is 69.6 Å². The number of piperidine rings is 1. The molecule has 2 amide bonds. The first-order valence-electron chi connectivity index (χ1n) is 10.6. The predicted molar refractivity (Wildman–Crippen MR) is 122 cm³/mol. The van der Waals surface area contributed by atoms with E-state index in [1.165, 1.54) is 0 Å². The lowest BCUT2D eigenvalue weighted by molar-refractivity contribution is -0.132. The van der Waals surface area contributed by atoms with E-state index in [4.69, 9.17) is 0 Å². The van der Waals surface area contributed by atoms with Crippen LogP contribution in [0.2, 0.25) is 0 Å². The molecular formula is C26H26N2O3. The number of amides is 2. The molecule has 3 aromatic carbocycles. The Morgan fingerprint density at radius 1 is 0.839 bits per heavy atom. The maximum Gasteiger partial charge on any atom is 0.255 e. The lowest BCUT2D eigenvalue weighted by Crippen LogP contribution is -2.40.